The van der Waals surface area contributed by atoms with E-state index in [-0.39, 0.29) is 0 Å². The van der Waals surface area contributed by atoms with Crippen LogP contribution >= 0.6 is 15.9 Å². The second-order valence-corrected chi connectivity index (χ2v) is 5.10. The zero-order valence-electron chi connectivity index (χ0n) is 7.78. The highest BCUT2D eigenvalue weighted by Crippen LogP contribution is 2.32. The van der Waals surface area contributed by atoms with E-state index in [1.807, 2.05) is 13.2 Å². The molecule has 0 radical (unpaired) electrons. The van der Waals surface area contributed by atoms with Crippen molar-refractivity contribution in [2.24, 2.45) is 13.0 Å². The third-order valence-electron chi connectivity index (χ3n) is 2.62. The van der Waals surface area contributed by atoms with Crippen LogP contribution in [0.4, 0.5) is 0 Å². The molecule has 3 nitrogen and oxygen atoms in total. The van der Waals surface area contributed by atoms with Crippen LogP contribution in [0, 0.1) is 5.92 Å². The second-order valence-electron chi connectivity index (χ2n) is 3.81. The zero-order valence-corrected chi connectivity index (χ0v) is 9.37. The van der Waals surface area contributed by atoms with Gasteiger partial charge in [0.15, 0.2) is 0 Å². The molecule has 72 valence electrons. The van der Waals surface area contributed by atoms with Crippen molar-refractivity contribution in [2.75, 3.05) is 0 Å². The summed E-state index contributed by atoms with van der Waals surface area (Å²) in [4.78, 5) is 2.37. The first kappa shape index (κ1) is 9.19. The van der Waals surface area contributed by atoms with Crippen LogP contribution in [0.15, 0.2) is 6.20 Å². The van der Waals surface area contributed by atoms with Gasteiger partial charge < -0.3 is 0 Å². The predicted molar refractivity (Wildman–Crippen MR) is 54.8 cm³/mol. The Hall–Kier alpha value is -0.380. The Balaban J connectivity index is 1.91. The second kappa shape index (κ2) is 3.78. The third kappa shape index (κ3) is 2.30. The molecule has 0 saturated heterocycles. The Kier molecular flexibility index (Phi) is 2.67. The van der Waals surface area contributed by atoms with E-state index < -0.39 is 0 Å². The first-order valence-corrected chi connectivity index (χ1v) is 5.65. The van der Waals surface area contributed by atoms with Gasteiger partial charge in [0.25, 0.3) is 0 Å². The van der Waals surface area contributed by atoms with Gasteiger partial charge in [-0.2, -0.15) is 15.0 Å². The SMILES string of the molecule is Cn1ncc(CC2CCC(Br)C2)n1. The Morgan fingerprint density at radius 2 is 2.46 bits per heavy atom. The fraction of sp³-hybridized carbons (Fsp3) is 0.778. The number of aryl methyl sites for hydroxylation is 1. The minimum atomic E-state index is 0.731. The predicted octanol–water partition coefficient (Wildman–Crippen LogP) is 1.92. The van der Waals surface area contributed by atoms with Crippen LogP contribution < -0.4 is 0 Å². The highest BCUT2D eigenvalue weighted by atomic mass is 79.9. The van der Waals surface area contributed by atoms with Gasteiger partial charge in [0, 0.05) is 11.9 Å². The van der Waals surface area contributed by atoms with Crippen LogP contribution in [0.5, 0.6) is 0 Å². The molecule has 4 heteroatoms. The van der Waals surface area contributed by atoms with Crippen molar-refractivity contribution in [3.8, 4) is 0 Å². The Bertz CT molecular complexity index is 284. The summed E-state index contributed by atoms with van der Waals surface area (Å²) >= 11 is 3.66. The van der Waals surface area contributed by atoms with E-state index >= 15 is 0 Å². The van der Waals surface area contributed by atoms with Crippen LogP contribution in [0.3, 0.4) is 0 Å². The molecular formula is C9H14BrN3. The average Bonchev–Trinajstić information content (AvgIpc) is 2.62. The average molecular weight is 244 g/mol. The van der Waals surface area contributed by atoms with Gasteiger partial charge >= 0.3 is 0 Å². The molecule has 1 aliphatic carbocycles. The monoisotopic (exact) mass is 243 g/mol. The van der Waals surface area contributed by atoms with E-state index in [1.165, 1.54) is 19.3 Å². The van der Waals surface area contributed by atoms with Crippen molar-refractivity contribution < 1.29 is 0 Å². The quantitative estimate of drug-likeness (QED) is 0.744. The third-order valence-corrected chi connectivity index (χ3v) is 3.45. The van der Waals surface area contributed by atoms with E-state index in [0.717, 1.165) is 22.9 Å². The molecule has 1 aromatic rings. The van der Waals surface area contributed by atoms with Gasteiger partial charge in [0.05, 0.1) is 11.9 Å². The van der Waals surface area contributed by atoms with E-state index in [2.05, 4.69) is 26.1 Å². The molecule has 1 fully saturated rings. The van der Waals surface area contributed by atoms with E-state index in [0.29, 0.717) is 0 Å². The lowest BCUT2D eigenvalue weighted by atomic mass is 10.0. The van der Waals surface area contributed by atoms with Crippen molar-refractivity contribution in [2.45, 2.75) is 30.5 Å². The van der Waals surface area contributed by atoms with Gasteiger partial charge in [-0.25, -0.2) is 0 Å². The normalized spacial score (nSPS) is 28.2. The smallest absolute Gasteiger partial charge is 0.0829 e. The summed E-state index contributed by atoms with van der Waals surface area (Å²) in [5.74, 6) is 0.807. The maximum atomic E-state index is 4.29. The van der Waals surface area contributed by atoms with Crippen molar-refractivity contribution in [3.63, 3.8) is 0 Å². The molecule has 1 aliphatic rings. The molecule has 13 heavy (non-hydrogen) atoms. The van der Waals surface area contributed by atoms with Gasteiger partial charge in [-0.1, -0.05) is 15.9 Å². The van der Waals surface area contributed by atoms with Crippen LogP contribution in [-0.2, 0) is 13.5 Å². The fourth-order valence-corrected chi connectivity index (χ4v) is 2.77. The fourth-order valence-electron chi connectivity index (χ4n) is 1.98. The molecule has 2 rings (SSSR count). The number of halogens is 1. The number of nitrogens with zero attached hydrogens (tertiary/aromatic N) is 3. The molecule has 0 aromatic carbocycles. The highest BCUT2D eigenvalue weighted by Gasteiger charge is 2.23. The Labute approximate surface area is 86.6 Å². The Morgan fingerprint density at radius 1 is 1.62 bits per heavy atom. The molecule has 1 heterocycles. The molecule has 2 atom stereocenters. The molecule has 0 bridgehead atoms. The van der Waals surface area contributed by atoms with Gasteiger partial charge in [0.2, 0.25) is 0 Å². The van der Waals surface area contributed by atoms with Crippen LogP contribution in [0.1, 0.15) is 25.0 Å². The number of aromatic nitrogens is 3. The summed E-state index contributed by atoms with van der Waals surface area (Å²) in [5.41, 5.74) is 1.13. The molecule has 1 aromatic heterocycles. The topological polar surface area (TPSA) is 30.7 Å². The molecule has 0 spiro atoms. The first-order valence-electron chi connectivity index (χ1n) is 4.73. The number of hydrogen-bond acceptors (Lipinski definition) is 2. The molecule has 1 saturated carbocycles. The molecular weight excluding hydrogens is 230 g/mol. The highest BCUT2D eigenvalue weighted by molar-refractivity contribution is 9.09. The van der Waals surface area contributed by atoms with Crippen LogP contribution in [0.2, 0.25) is 0 Å². The van der Waals surface area contributed by atoms with Crippen molar-refractivity contribution in [1.29, 1.82) is 0 Å². The largest absolute Gasteiger partial charge is 0.188 e. The van der Waals surface area contributed by atoms with Crippen molar-refractivity contribution in [1.82, 2.24) is 15.0 Å². The summed E-state index contributed by atoms with van der Waals surface area (Å²) in [7, 11) is 1.87. The summed E-state index contributed by atoms with van der Waals surface area (Å²) in [5, 5.41) is 8.36. The van der Waals surface area contributed by atoms with E-state index in [1.54, 1.807) is 4.80 Å². The Morgan fingerprint density at radius 3 is 3.00 bits per heavy atom. The summed E-state index contributed by atoms with van der Waals surface area (Å²) in [6.45, 7) is 0. The van der Waals surface area contributed by atoms with Gasteiger partial charge in [-0.15, -0.1) is 0 Å². The maximum absolute atomic E-state index is 4.29. The van der Waals surface area contributed by atoms with Gasteiger partial charge in [-0.3, -0.25) is 0 Å². The number of hydrogen-bond donors (Lipinski definition) is 0. The summed E-state index contributed by atoms with van der Waals surface area (Å²) < 4.78 is 0. The van der Waals surface area contributed by atoms with Crippen molar-refractivity contribution in [3.05, 3.63) is 11.9 Å². The van der Waals surface area contributed by atoms with Crippen molar-refractivity contribution >= 4 is 15.9 Å². The lowest BCUT2D eigenvalue weighted by Crippen LogP contribution is -2.01. The van der Waals surface area contributed by atoms with Gasteiger partial charge in [0.1, 0.15) is 0 Å². The number of rotatable bonds is 2. The minimum Gasteiger partial charge on any atom is -0.188 e. The van der Waals surface area contributed by atoms with Gasteiger partial charge in [-0.05, 0) is 31.6 Å². The minimum absolute atomic E-state index is 0.731. The number of alkyl halides is 1. The molecule has 0 aliphatic heterocycles. The zero-order chi connectivity index (χ0) is 9.26. The summed E-state index contributed by atoms with van der Waals surface area (Å²) in [6, 6.07) is 0. The standard InChI is InChI=1S/C9H14BrN3/c1-13-11-6-9(12-13)5-7-2-3-8(10)4-7/h6-8H,2-5H2,1H3. The summed E-state index contributed by atoms with van der Waals surface area (Å²) in [6.07, 6.45) is 6.89. The molecule has 0 N–H and O–H groups in total. The molecule has 2 unspecified atom stereocenters. The maximum Gasteiger partial charge on any atom is 0.0829 e. The molecule has 0 amide bonds. The van der Waals surface area contributed by atoms with E-state index in [9.17, 15) is 0 Å². The van der Waals surface area contributed by atoms with E-state index in [4.69, 9.17) is 0 Å². The van der Waals surface area contributed by atoms with Crippen LogP contribution in [-0.4, -0.2) is 19.8 Å². The first-order chi connectivity index (χ1) is 6.24. The lowest BCUT2D eigenvalue weighted by molar-refractivity contribution is 0.533. The van der Waals surface area contributed by atoms with Crippen LogP contribution in [0.25, 0.3) is 0 Å². The lowest BCUT2D eigenvalue weighted by Gasteiger charge is -2.04.